The number of hydrogen-bond acceptors (Lipinski definition) is 22. The largest absolute Gasteiger partial charge is 0.494 e. The van der Waals surface area contributed by atoms with E-state index in [4.69, 9.17) is 54.3 Å². The number of amides is 4. The molecular formula is C106H118F4N24O12S. The molecule has 4 saturated carbocycles. The molecule has 768 valence electrons. The van der Waals surface area contributed by atoms with Crippen LogP contribution in [0, 0.1) is 23.7 Å². The van der Waals surface area contributed by atoms with Gasteiger partial charge in [0.2, 0.25) is 0 Å². The van der Waals surface area contributed by atoms with Crippen molar-refractivity contribution < 1.29 is 73.4 Å². The Morgan fingerprint density at radius 1 is 0.415 bits per heavy atom. The molecule has 0 bridgehead atoms. The van der Waals surface area contributed by atoms with Gasteiger partial charge in [-0.2, -0.15) is 8.42 Å². The van der Waals surface area contributed by atoms with E-state index in [1.165, 1.54) is 73.2 Å². The summed E-state index contributed by atoms with van der Waals surface area (Å²) in [5.41, 5.74) is 29.5. The summed E-state index contributed by atoms with van der Waals surface area (Å²) in [6.45, 7) is 4.58. The quantitative estimate of drug-likeness (QED) is 0.0197. The number of fused-ring (bicyclic) bond motifs is 8. The number of alkyl halides is 4. The molecule has 8 unspecified atom stereocenters. The zero-order valence-electron chi connectivity index (χ0n) is 82.5. The molecule has 36 nitrogen and oxygen atoms in total. The molecule has 4 saturated heterocycles. The predicted octanol–water partition coefficient (Wildman–Crippen LogP) is 16.1. The van der Waals surface area contributed by atoms with Gasteiger partial charge in [0.15, 0.2) is 23.3 Å². The lowest BCUT2D eigenvalue weighted by molar-refractivity contribution is 0.00579. The van der Waals surface area contributed by atoms with Crippen molar-refractivity contribution in [1.82, 2.24) is 96.0 Å². The third kappa shape index (κ3) is 19.8. The molecule has 24 rings (SSSR count). The maximum Gasteiger partial charge on any atom is 0.264 e. The number of methoxy groups -OCH3 is 4. The normalized spacial score (nSPS) is 20.2. The number of aliphatic hydroxyl groups excluding tert-OH is 1. The summed E-state index contributed by atoms with van der Waals surface area (Å²) in [6, 6.07) is 36.6. The van der Waals surface area contributed by atoms with Crippen molar-refractivity contribution in [1.29, 1.82) is 0 Å². The van der Waals surface area contributed by atoms with E-state index in [1.807, 2.05) is 95.4 Å². The number of benzene rings is 4. The number of imidazole rings is 4. The molecule has 4 aromatic carbocycles. The molecule has 8 fully saturated rings. The van der Waals surface area contributed by atoms with E-state index < -0.39 is 59.1 Å². The number of carbonyl (C=O) groups is 4. The molecule has 4 aliphatic heterocycles. The Labute approximate surface area is 844 Å². The van der Waals surface area contributed by atoms with E-state index in [0.29, 0.717) is 97.5 Å². The molecule has 4 amide bonds. The maximum absolute atomic E-state index is 14.4. The Morgan fingerprint density at radius 3 is 0.986 bits per heavy atom. The topological polar surface area (TPSA) is 399 Å². The minimum absolute atomic E-state index is 0. The fourth-order valence-corrected chi connectivity index (χ4v) is 21.6. The number of hydrogen-bond donors (Lipinski definition) is 2. The Balaban J connectivity index is 0.000000119. The molecule has 12 aromatic heterocycles. The van der Waals surface area contributed by atoms with E-state index in [9.17, 15) is 50.3 Å². The van der Waals surface area contributed by atoms with Gasteiger partial charge in [0, 0.05) is 174 Å². The number of carbonyl (C=O) groups excluding carboxylic acids is 4. The average Bonchev–Trinajstić information content (AvgIpc) is 1.60. The van der Waals surface area contributed by atoms with Gasteiger partial charge in [0.05, 0.1) is 98.2 Å². The molecule has 16 aromatic rings. The van der Waals surface area contributed by atoms with E-state index in [-0.39, 0.29) is 103 Å². The fourth-order valence-electron chi connectivity index (χ4n) is 20.9. The van der Waals surface area contributed by atoms with Crippen molar-refractivity contribution in [2.24, 2.45) is 62.7 Å². The molecule has 3 N–H and O–H groups in total. The van der Waals surface area contributed by atoms with Gasteiger partial charge < -0.3 is 85.9 Å². The first-order valence-corrected chi connectivity index (χ1v) is 51.4. The second-order valence-corrected chi connectivity index (χ2v) is 41.3. The van der Waals surface area contributed by atoms with Crippen LogP contribution in [0.4, 0.5) is 17.6 Å². The highest BCUT2D eigenvalue weighted by Crippen LogP contribution is 2.45. The smallest absolute Gasteiger partial charge is 0.264 e. The number of β-amino-alcohol motifs (C(OH)–C–C–N with tert-alkyl or cyclic N) is 1. The van der Waals surface area contributed by atoms with Crippen molar-refractivity contribution in [2.45, 2.75) is 160 Å². The standard InChI is InChI=1S/C27H30FN5O5S.C26H27FN8O2.C26H29FN6O2.C26H28FN5O3.CH4/c1-31-24-20(30-26(31)21-12-17-5-4-9-29-25(17)33(21)14-16-6-7-16)11-18(13-22(24)37-2)27(34)32-10-8-19(28)23(15-32)38-39(3,35)36;1-33-23-19(30-25(33)21-11-16-4-3-8-29-24(16)35(21)13-15-5-6-15)10-17(12-22(23)37-2)26(36)34-9-7-18(27)20(14-34)31-32-28;1-31-23-20(10-17(12-22(23)35-2)26(34)32-9-7-18(27)19(28)14-32)30-25(31)21-11-16-4-3-8-29-24(16)33(21)13-15-5-6-15;1-30-23-19(10-17(12-22(23)35-2)26(34)31-9-7-18(27)21(33)14-31)29-25(30)20-11-16-4-3-8-28-24(16)32(20)13-15-5-6-15;/h4-5,9,11-13,16,19,23H,6-8,10,14-15H2,1-3H3;3-4,8,10-12,15,18,20H,5-7,9,13-14H2,1-2H3;3-4,8,10-12,15,18-19H,5-7,9,13-14,28H2,1-2H3;3-4,8,10-12,15,18,21,33H,5-7,9,13-14H2,1-2H3;1H4. The van der Waals surface area contributed by atoms with Crippen LogP contribution >= 0.6 is 0 Å². The summed E-state index contributed by atoms with van der Waals surface area (Å²) in [5, 5.41) is 17.7. The number of aliphatic hydroxyl groups is 1. The number of nitrogens with zero attached hydrogens (tertiary/aromatic N) is 23. The first-order valence-electron chi connectivity index (χ1n) is 49.6. The van der Waals surface area contributed by atoms with Gasteiger partial charge in [-0.1, -0.05) is 12.5 Å². The maximum atomic E-state index is 14.4. The monoisotopic (exact) mass is 2030 g/mol. The Hall–Kier alpha value is -14.5. The average molecular weight is 2030 g/mol. The van der Waals surface area contributed by atoms with Crippen LogP contribution in [0.15, 0.2) is 151 Å². The molecular weight excluding hydrogens is 1910 g/mol. The number of ether oxygens (including phenoxy) is 4. The lowest BCUT2D eigenvalue weighted by Crippen LogP contribution is -2.51. The highest BCUT2D eigenvalue weighted by atomic mass is 32.2. The second kappa shape index (κ2) is 40.7. The third-order valence-corrected chi connectivity index (χ3v) is 30.0. The van der Waals surface area contributed by atoms with Crippen molar-refractivity contribution in [3.63, 3.8) is 0 Å². The van der Waals surface area contributed by atoms with Gasteiger partial charge in [-0.15, -0.1) is 0 Å². The van der Waals surface area contributed by atoms with Crippen LogP contribution in [0.3, 0.4) is 0 Å². The Morgan fingerprint density at radius 2 is 0.701 bits per heavy atom. The minimum atomic E-state index is -3.87. The number of rotatable bonds is 23. The highest BCUT2D eigenvalue weighted by molar-refractivity contribution is 7.86. The lowest BCUT2D eigenvalue weighted by Gasteiger charge is -2.34. The number of piperidine rings is 4. The highest BCUT2D eigenvalue weighted by Gasteiger charge is 2.41. The van der Waals surface area contributed by atoms with Crippen LogP contribution in [0.25, 0.3) is 145 Å². The number of likely N-dealkylation sites (tertiary alicyclic amines) is 4. The van der Waals surface area contributed by atoms with Gasteiger partial charge in [-0.3, -0.25) is 23.4 Å². The first kappa shape index (κ1) is 99.8. The van der Waals surface area contributed by atoms with Crippen molar-refractivity contribution in [3.05, 3.63) is 179 Å². The Kier molecular flexibility index (Phi) is 27.6. The molecule has 4 aliphatic carbocycles. The minimum Gasteiger partial charge on any atom is -0.494 e. The summed E-state index contributed by atoms with van der Waals surface area (Å²) >= 11 is 0. The number of azide groups is 1. The van der Waals surface area contributed by atoms with E-state index in [0.717, 1.165) is 145 Å². The number of pyridine rings is 4. The number of halogens is 4. The van der Waals surface area contributed by atoms with E-state index >= 15 is 0 Å². The van der Waals surface area contributed by atoms with Crippen LogP contribution in [0.5, 0.6) is 23.0 Å². The summed E-state index contributed by atoms with van der Waals surface area (Å²) in [4.78, 5) is 100. The van der Waals surface area contributed by atoms with Gasteiger partial charge in [0.1, 0.15) is 105 Å². The Bertz CT molecular complexity index is 7760. The molecule has 16 heterocycles. The number of aromatic nitrogens is 16. The summed E-state index contributed by atoms with van der Waals surface area (Å²) < 4.78 is 124. The zero-order chi connectivity index (χ0) is 102. The second-order valence-electron chi connectivity index (χ2n) is 39.7. The van der Waals surface area contributed by atoms with Gasteiger partial charge in [-0.05, 0) is 228 Å². The summed E-state index contributed by atoms with van der Waals surface area (Å²) in [7, 11) is 10.2. The van der Waals surface area contributed by atoms with E-state index in [2.05, 4.69) is 90.7 Å². The van der Waals surface area contributed by atoms with E-state index in [1.54, 1.807) is 81.0 Å². The van der Waals surface area contributed by atoms with Crippen LogP contribution in [-0.2, 0) is 68.7 Å². The van der Waals surface area contributed by atoms with Crippen LogP contribution in [0.2, 0.25) is 0 Å². The molecule has 8 atom stereocenters. The summed E-state index contributed by atoms with van der Waals surface area (Å²) in [6.07, 6.45) is 10.8. The fraction of sp³-hybridized carbons (Fsp3) is 0.434. The first-order chi connectivity index (χ1) is 70.5. The van der Waals surface area contributed by atoms with Gasteiger partial charge in [-0.25, -0.2) is 57.4 Å². The van der Waals surface area contributed by atoms with Crippen molar-refractivity contribution >= 4 is 122 Å². The van der Waals surface area contributed by atoms with Crippen LogP contribution in [0.1, 0.15) is 126 Å². The van der Waals surface area contributed by atoms with Crippen molar-refractivity contribution in [3.8, 4) is 69.1 Å². The molecule has 0 radical (unpaired) electrons. The summed E-state index contributed by atoms with van der Waals surface area (Å²) in [5.74, 6) is 6.66. The SMILES string of the molecule is C.COc1cc(C(=O)N2CCC(F)C(N)C2)cc2nc(-c3cc4cccnc4n3CC3CC3)n(C)c12.COc1cc(C(=O)N2CCC(F)C(N=[N+]=[N-])C2)cc2nc(-c3cc4cccnc4n3CC3CC3)n(C)c12.COc1cc(C(=O)N2CCC(F)C(O)C2)cc2nc(-c3cc4cccnc4n3CC3CC3)n(C)c12.COc1cc(C(=O)N2CCC(F)C(OS(C)(=O)=O)C2)cc2nc(-c3cc4cccnc4n3CC3CC3)n(C)c12. The van der Waals surface area contributed by atoms with Gasteiger partial charge >= 0.3 is 0 Å². The predicted molar refractivity (Wildman–Crippen MR) is 550 cm³/mol. The number of aryl methyl sites for hydroxylation is 4. The molecule has 8 aliphatic rings. The third-order valence-electron chi connectivity index (χ3n) is 29.4. The molecule has 147 heavy (non-hydrogen) atoms. The molecule has 0 spiro atoms. The van der Waals surface area contributed by atoms with Crippen LogP contribution in [-0.4, -0.2) is 269 Å². The van der Waals surface area contributed by atoms with Gasteiger partial charge in [0.25, 0.3) is 33.7 Å². The van der Waals surface area contributed by atoms with Crippen LogP contribution < -0.4 is 24.7 Å². The lowest BCUT2D eigenvalue weighted by atomic mass is 10.0. The molecule has 41 heteroatoms. The zero-order valence-corrected chi connectivity index (χ0v) is 83.3. The number of nitrogens with two attached hydrogens (primary N) is 1. The van der Waals surface area contributed by atoms with Crippen molar-refractivity contribution in [2.75, 3.05) is 87.1 Å².